The van der Waals surface area contributed by atoms with Crippen molar-refractivity contribution < 1.29 is 18.0 Å². The van der Waals surface area contributed by atoms with E-state index in [2.05, 4.69) is 0 Å². The van der Waals surface area contributed by atoms with E-state index in [9.17, 15) is 18.0 Å². The van der Waals surface area contributed by atoms with Crippen molar-refractivity contribution in [1.29, 1.82) is 0 Å². The summed E-state index contributed by atoms with van der Waals surface area (Å²) in [6.07, 6.45) is -3.04. The first-order valence-corrected chi connectivity index (χ1v) is 5.03. The molecule has 0 aromatic heterocycles. The molecule has 2 N–H and O–H groups in total. The molecular weight excluding hydrogens is 209 g/mol. The summed E-state index contributed by atoms with van der Waals surface area (Å²) in [5, 5.41) is 0. The van der Waals surface area contributed by atoms with Crippen molar-refractivity contribution in [2.24, 2.45) is 5.73 Å². The lowest BCUT2D eigenvalue weighted by Crippen LogP contribution is -2.51. The Labute approximate surface area is 86.4 Å². The third kappa shape index (κ3) is 3.09. The fourth-order valence-electron chi connectivity index (χ4n) is 1.81. The van der Waals surface area contributed by atoms with E-state index in [0.29, 0.717) is 12.8 Å². The van der Waals surface area contributed by atoms with Crippen LogP contribution in [0.1, 0.15) is 25.7 Å². The molecule has 88 valence electrons. The maximum atomic E-state index is 12.6. The van der Waals surface area contributed by atoms with E-state index in [-0.39, 0.29) is 25.9 Å². The second-order valence-corrected chi connectivity index (χ2v) is 3.68. The molecule has 1 heterocycles. The van der Waals surface area contributed by atoms with Crippen molar-refractivity contribution in [3.8, 4) is 0 Å². The van der Waals surface area contributed by atoms with Crippen molar-refractivity contribution in [3.63, 3.8) is 0 Å². The number of alkyl halides is 3. The zero-order valence-corrected chi connectivity index (χ0v) is 8.39. The van der Waals surface area contributed by atoms with Gasteiger partial charge in [-0.2, -0.15) is 13.2 Å². The van der Waals surface area contributed by atoms with Crippen molar-refractivity contribution in [3.05, 3.63) is 0 Å². The highest BCUT2D eigenvalue weighted by molar-refractivity contribution is 5.77. The Balaban J connectivity index is 2.73. The number of halogens is 3. The van der Waals surface area contributed by atoms with Gasteiger partial charge in [-0.05, 0) is 25.8 Å². The van der Waals surface area contributed by atoms with E-state index >= 15 is 0 Å². The summed E-state index contributed by atoms with van der Waals surface area (Å²) in [7, 11) is 0. The van der Waals surface area contributed by atoms with Gasteiger partial charge in [0.2, 0.25) is 5.91 Å². The third-order valence-corrected chi connectivity index (χ3v) is 2.55. The predicted octanol–water partition coefficient (Wildman–Crippen LogP) is 1.28. The Kier molecular flexibility index (Phi) is 3.96. The summed E-state index contributed by atoms with van der Waals surface area (Å²) in [5.74, 6) is -0.406. The topological polar surface area (TPSA) is 46.3 Å². The second kappa shape index (κ2) is 4.83. The predicted molar refractivity (Wildman–Crippen MR) is 49.1 cm³/mol. The standard InChI is InChI=1S/C9H15F3N2O/c10-9(11,12)7(4-5-13)14-6-2-1-3-8(14)15/h7H,1-6,13H2. The van der Waals surface area contributed by atoms with Gasteiger partial charge >= 0.3 is 6.18 Å². The van der Waals surface area contributed by atoms with Crippen LogP contribution in [0.5, 0.6) is 0 Å². The minimum absolute atomic E-state index is 0.0616. The molecule has 1 unspecified atom stereocenters. The average molecular weight is 224 g/mol. The van der Waals surface area contributed by atoms with E-state index in [1.807, 2.05) is 0 Å². The van der Waals surface area contributed by atoms with Gasteiger partial charge in [-0.3, -0.25) is 4.79 Å². The zero-order valence-electron chi connectivity index (χ0n) is 8.39. The molecule has 1 aliphatic rings. The number of nitrogens with zero attached hydrogens (tertiary/aromatic N) is 1. The summed E-state index contributed by atoms with van der Waals surface area (Å²) in [6.45, 7) is 0.136. The Bertz CT molecular complexity index is 230. The third-order valence-electron chi connectivity index (χ3n) is 2.55. The summed E-state index contributed by atoms with van der Waals surface area (Å²) >= 11 is 0. The van der Waals surface area contributed by atoms with Crippen LogP contribution in [0.15, 0.2) is 0 Å². The highest BCUT2D eigenvalue weighted by Gasteiger charge is 2.44. The van der Waals surface area contributed by atoms with E-state index in [1.54, 1.807) is 0 Å². The highest BCUT2D eigenvalue weighted by Crippen LogP contribution is 2.29. The van der Waals surface area contributed by atoms with Crippen LogP contribution in [0.4, 0.5) is 13.2 Å². The Morgan fingerprint density at radius 2 is 2.07 bits per heavy atom. The SMILES string of the molecule is NCCC(N1CCCCC1=O)C(F)(F)F. The van der Waals surface area contributed by atoms with Gasteiger partial charge in [0.1, 0.15) is 6.04 Å². The first kappa shape index (κ1) is 12.3. The molecule has 0 saturated carbocycles. The minimum Gasteiger partial charge on any atom is -0.331 e. The number of likely N-dealkylation sites (tertiary alicyclic amines) is 1. The van der Waals surface area contributed by atoms with E-state index in [4.69, 9.17) is 5.73 Å². The van der Waals surface area contributed by atoms with Crippen molar-refractivity contribution in [1.82, 2.24) is 4.90 Å². The molecule has 1 aliphatic heterocycles. The van der Waals surface area contributed by atoms with Crippen LogP contribution in [0.3, 0.4) is 0 Å². The highest BCUT2D eigenvalue weighted by atomic mass is 19.4. The van der Waals surface area contributed by atoms with Crippen LogP contribution < -0.4 is 5.73 Å². The van der Waals surface area contributed by atoms with Crippen LogP contribution in [0.2, 0.25) is 0 Å². The number of amides is 1. The minimum atomic E-state index is -4.37. The molecular formula is C9H15F3N2O. The van der Waals surface area contributed by atoms with Gasteiger partial charge in [-0.1, -0.05) is 0 Å². The number of carbonyl (C=O) groups excluding carboxylic acids is 1. The van der Waals surface area contributed by atoms with Crippen molar-refractivity contribution in [2.45, 2.75) is 37.9 Å². The molecule has 0 radical (unpaired) electrons. The molecule has 15 heavy (non-hydrogen) atoms. The van der Waals surface area contributed by atoms with Crippen LogP contribution in [0.25, 0.3) is 0 Å². The molecule has 0 aliphatic carbocycles. The quantitative estimate of drug-likeness (QED) is 0.784. The number of hydrogen-bond acceptors (Lipinski definition) is 2. The van der Waals surface area contributed by atoms with E-state index in [0.717, 1.165) is 4.90 Å². The van der Waals surface area contributed by atoms with Crippen molar-refractivity contribution >= 4 is 5.91 Å². The lowest BCUT2D eigenvalue weighted by molar-refractivity contribution is -0.192. The monoisotopic (exact) mass is 224 g/mol. The summed E-state index contributed by atoms with van der Waals surface area (Å²) in [5.41, 5.74) is 5.14. The normalized spacial score (nSPS) is 20.5. The van der Waals surface area contributed by atoms with Crippen LogP contribution >= 0.6 is 0 Å². The maximum Gasteiger partial charge on any atom is 0.408 e. The first-order chi connectivity index (χ1) is 6.96. The number of piperidine rings is 1. The summed E-state index contributed by atoms with van der Waals surface area (Å²) in [4.78, 5) is 12.3. The molecule has 1 atom stereocenters. The Morgan fingerprint density at radius 1 is 1.40 bits per heavy atom. The molecule has 1 fully saturated rings. The molecule has 1 saturated heterocycles. The van der Waals surface area contributed by atoms with Crippen LogP contribution in [0, 0.1) is 0 Å². The number of rotatable bonds is 3. The molecule has 0 spiro atoms. The lowest BCUT2D eigenvalue weighted by atomic mass is 10.1. The number of carbonyl (C=O) groups is 1. The van der Waals surface area contributed by atoms with Gasteiger partial charge in [0.25, 0.3) is 0 Å². The lowest BCUT2D eigenvalue weighted by Gasteiger charge is -2.35. The van der Waals surface area contributed by atoms with Gasteiger partial charge in [-0.15, -0.1) is 0 Å². The molecule has 6 heteroatoms. The number of nitrogens with two attached hydrogens (primary N) is 1. The second-order valence-electron chi connectivity index (χ2n) is 3.68. The molecule has 1 rings (SSSR count). The molecule has 3 nitrogen and oxygen atoms in total. The van der Waals surface area contributed by atoms with Crippen LogP contribution in [-0.4, -0.2) is 36.1 Å². The van der Waals surface area contributed by atoms with Gasteiger partial charge in [0, 0.05) is 13.0 Å². The molecule has 1 amide bonds. The summed E-state index contributed by atoms with van der Waals surface area (Å²) in [6, 6.07) is -1.70. The maximum absolute atomic E-state index is 12.6. The zero-order chi connectivity index (χ0) is 11.5. The van der Waals surface area contributed by atoms with E-state index in [1.165, 1.54) is 0 Å². The Hall–Kier alpha value is -0.780. The summed E-state index contributed by atoms with van der Waals surface area (Å²) < 4.78 is 37.8. The molecule has 0 aromatic rings. The fraction of sp³-hybridized carbons (Fsp3) is 0.889. The molecule has 0 aromatic carbocycles. The van der Waals surface area contributed by atoms with Crippen molar-refractivity contribution in [2.75, 3.05) is 13.1 Å². The fourth-order valence-corrected chi connectivity index (χ4v) is 1.81. The molecule has 0 bridgehead atoms. The van der Waals surface area contributed by atoms with Gasteiger partial charge in [-0.25, -0.2) is 0 Å². The Morgan fingerprint density at radius 3 is 2.53 bits per heavy atom. The van der Waals surface area contributed by atoms with Gasteiger partial charge in [0.05, 0.1) is 0 Å². The largest absolute Gasteiger partial charge is 0.408 e. The van der Waals surface area contributed by atoms with E-state index < -0.39 is 18.1 Å². The van der Waals surface area contributed by atoms with Gasteiger partial charge < -0.3 is 10.6 Å². The smallest absolute Gasteiger partial charge is 0.331 e. The first-order valence-electron chi connectivity index (χ1n) is 5.03. The average Bonchev–Trinajstić information content (AvgIpc) is 2.14. The number of hydrogen-bond donors (Lipinski definition) is 1. The van der Waals surface area contributed by atoms with Gasteiger partial charge in [0.15, 0.2) is 0 Å². The van der Waals surface area contributed by atoms with Crippen LogP contribution in [-0.2, 0) is 4.79 Å².